The minimum absolute atomic E-state index is 0.0270. The van der Waals surface area contributed by atoms with Crippen LogP contribution in [0.2, 0.25) is 0 Å². The Morgan fingerprint density at radius 3 is 2.46 bits per heavy atom. The maximum absolute atomic E-state index is 16.0. The van der Waals surface area contributed by atoms with Gasteiger partial charge in [-0.15, -0.1) is 11.3 Å². The Balaban J connectivity index is 0.730. The Bertz CT molecular complexity index is 2590. The van der Waals surface area contributed by atoms with Crippen LogP contribution in [0.4, 0.5) is 26.7 Å². The first kappa shape index (κ1) is 42.7. The van der Waals surface area contributed by atoms with Crippen LogP contribution in [0, 0.1) is 5.82 Å². The van der Waals surface area contributed by atoms with Gasteiger partial charge in [-0.2, -0.15) is 0 Å². The van der Waals surface area contributed by atoms with Gasteiger partial charge in [0.05, 0.1) is 35.9 Å². The fourth-order valence-electron chi connectivity index (χ4n) is 9.82. The van der Waals surface area contributed by atoms with E-state index >= 15 is 4.39 Å². The minimum Gasteiger partial charge on any atom is -0.389 e. The Kier molecular flexibility index (Phi) is 11.5. The van der Waals surface area contributed by atoms with Gasteiger partial charge in [-0.25, -0.2) is 19.3 Å². The molecule has 3 atom stereocenters. The fraction of sp³-hybridized carbons (Fsp3) is 0.413. The lowest BCUT2D eigenvalue weighted by molar-refractivity contribution is -0.138. The number of fused-ring (bicyclic) bond motifs is 2. The number of pyridine rings is 1. The summed E-state index contributed by atoms with van der Waals surface area (Å²) in [4.78, 5) is 72.0. The van der Waals surface area contributed by atoms with Crippen molar-refractivity contribution in [3.05, 3.63) is 101 Å². The number of carbonyl (C=O) groups excluding carboxylic acids is 4. The number of anilines is 4. The molecule has 0 bridgehead atoms. The van der Waals surface area contributed by atoms with E-state index in [0.717, 1.165) is 42.1 Å². The quantitative estimate of drug-likeness (QED) is 0.120. The van der Waals surface area contributed by atoms with Crippen LogP contribution in [0.15, 0.2) is 72.6 Å². The van der Waals surface area contributed by atoms with Crippen molar-refractivity contribution in [2.75, 3.05) is 59.7 Å². The van der Waals surface area contributed by atoms with Crippen molar-refractivity contribution in [3.8, 4) is 11.1 Å². The summed E-state index contributed by atoms with van der Waals surface area (Å²) < 4.78 is 18.0. The zero-order chi connectivity index (χ0) is 44.8. The number of hydrogen-bond acceptors (Lipinski definition) is 14. The number of rotatable bonds is 11. The summed E-state index contributed by atoms with van der Waals surface area (Å²) >= 11 is 1.29. The van der Waals surface area contributed by atoms with Gasteiger partial charge >= 0.3 is 0 Å². The molecular formula is C46H50FN11O6S. The number of halogens is 1. The molecule has 0 aliphatic carbocycles. The van der Waals surface area contributed by atoms with Crippen LogP contribution in [0.1, 0.15) is 73.3 Å². The van der Waals surface area contributed by atoms with Crippen molar-refractivity contribution in [1.29, 1.82) is 0 Å². The molecule has 338 valence electrons. The molecule has 3 saturated heterocycles. The number of imidazole rings is 1. The largest absolute Gasteiger partial charge is 0.389 e. The number of aliphatic hydroxyl groups is 2. The van der Waals surface area contributed by atoms with E-state index in [9.17, 15) is 29.4 Å². The second-order valence-electron chi connectivity index (χ2n) is 17.5. The molecule has 0 saturated carbocycles. The van der Waals surface area contributed by atoms with E-state index in [2.05, 4.69) is 40.7 Å². The summed E-state index contributed by atoms with van der Waals surface area (Å²) in [6.45, 7) is 4.17. The van der Waals surface area contributed by atoms with Gasteiger partial charge in [-0.05, 0) is 79.6 Å². The Hall–Kier alpha value is -6.28. The fourth-order valence-corrected chi connectivity index (χ4v) is 10.3. The van der Waals surface area contributed by atoms with Crippen molar-refractivity contribution >= 4 is 57.3 Å². The van der Waals surface area contributed by atoms with Crippen LogP contribution in [-0.2, 0) is 38.7 Å². The Labute approximate surface area is 378 Å². The van der Waals surface area contributed by atoms with Gasteiger partial charge in [0, 0.05) is 92.9 Å². The average Bonchev–Trinajstić information content (AvgIpc) is 4.14. The van der Waals surface area contributed by atoms with Crippen LogP contribution in [0.25, 0.3) is 11.1 Å². The summed E-state index contributed by atoms with van der Waals surface area (Å²) in [7, 11) is 0. The normalized spacial score (nSPS) is 21.2. The van der Waals surface area contributed by atoms with Gasteiger partial charge in [0.15, 0.2) is 5.13 Å². The molecule has 5 aliphatic rings. The van der Waals surface area contributed by atoms with E-state index in [1.807, 2.05) is 45.9 Å². The highest BCUT2D eigenvalue weighted by Gasteiger charge is 2.43. The van der Waals surface area contributed by atoms with Crippen LogP contribution in [0.3, 0.4) is 0 Å². The molecule has 0 radical (unpaired) electrons. The number of piperazine rings is 1. The van der Waals surface area contributed by atoms with Crippen LogP contribution in [0.5, 0.6) is 0 Å². The number of aliphatic hydroxyl groups excluding tert-OH is 1. The number of aryl methyl sites for hydroxylation is 1. The average molecular weight is 904 g/mol. The Morgan fingerprint density at radius 1 is 0.938 bits per heavy atom. The lowest BCUT2D eigenvalue weighted by atomic mass is 9.87. The predicted octanol–water partition coefficient (Wildman–Crippen LogP) is 3.96. The first-order valence-corrected chi connectivity index (χ1v) is 23.0. The van der Waals surface area contributed by atoms with Gasteiger partial charge < -0.3 is 40.1 Å². The number of aromatic nitrogens is 4. The minimum atomic E-state index is -1.25. The number of thiazole rings is 1. The topological polar surface area (TPSA) is 201 Å². The third-order valence-electron chi connectivity index (χ3n) is 13.5. The van der Waals surface area contributed by atoms with E-state index in [1.165, 1.54) is 17.4 Å². The highest BCUT2D eigenvalue weighted by Crippen LogP contribution is 2.43. The van der Waals surface area contributed by atoms with Crippen molar-refractivity contribution in [3.63, 3.8) is 0 Å². The first-order valence-electron chi connectivity index (χ1n) is 22.2. The molecule has 5 aliphatic heterocycles. The highest BCUT2D eigenvalue weighted by molar-refractivity contribution is 7.13. The molecule has 19 heteroatoms. The summed E-state index contributed by atoms with van der Waals surface area (Å²) in [5.74, 6) is -0.787. The van der Waals surface area contributed by atoms with Crippen molar-refractivity contribution in [2.24, 2.45) is 0 Å². The maximum atomic E-state index is 16.0. The zero-order valence-electron chi connectivity index (χ0n) is 35.7. The number of benzene rings is 2. The van der Waals surface area contributed by atoms with Gasteiger partial charge in [-0.1, -0.05) is 12.1 Å². The third-order valence-corrected chi connectivity index (χ3v) is 14.2. The summed E-state index contributed by atoms with van der Waals surface area (Å²) in [5, 5.41) is 33.8. The molecule has 3 unspecified atom stereocenters. The second-order valence-corrected chi connectivity index (χ2v) is 18.4. The molecule has 65 heavy (non-hydrogen) atoms. The van der Waals surface area contributed by atoms with Crippen molar-refractivity contribution in [1.82, 2.24) is 34.6 Å². The Morgan fingerprint density at radius 2 is 1.74 bits per heavy atom. The number of nitrogens with one attached hydrogen (secondary N) is 3. The molecular weight excluding hydrogens is 854 g/mol. The van der Waals surface area contributed by atoms with E-state index in [-0.39, 0.29) is 37.1 Å². The molecule has 5 aromatic rings. The lowest BCUT2D eigenvalue weighted by Gasteiger charge is -2.41. The predicted molar refractivity (Wildman–Crippen MR) is 240 cm³/mol. The number of amides is 4. The van der Waals surface area contributed by atoms with E-state index < -0.39 is 35.6 Å². The molecule has 8 heterocycles. The van der Waals surface area contributed by atoms with Gasteiger partial charge in [0.1, 0.15) is 29.9 Å². The van der Waals surface area contributed by atoms with Gasteiger partial charge in [0.25, 0.3) is 0 Å². The van der Waals surface area contributed by atoms with Crippen molar-refractivity contribution < 1.29 is 33.8 Å². The highest BCUT2D eigenvalue weighted by atomic mass is 32.1. The smallest absolute Gasteiger partial charge is 0.249 e. The third kappa shape index (κ3) is 8.68. The van der Waals surface area contributed by atoms with Gasteiger partial charge in [-0.3, -0.25) is 29.4 Å². The van der Waals surface area contributed by atoms with Crippen molar-refractivity contribution in [2.45, 2.75) is 81.9 Å². The molecule has 17 nitrogen and oxygen atoms in total. The SMILES string of the molecule is O=C1CCC(Nc2ccc(N3CCC(O)(CC(=O)N4CCN(c5ccc(-c6cc(F)c7c(c6)C(O)N(C(C(=O)Nc6nccs6)c6ncn8c6CCC8)C7)cc5)CC4)CC3)nc2)C(=O)N1. The number of imide groups is 1. The second kappa shape index (κ2) is 17.6. The monoisotopic (exact) mass is 903 g/mol. The number of hydrogen-bond donors (Lipinski definition) is 5. The molecule has 2 aromatic carbocycles. The molecule has 4 amide bonds. The molecule has 3 aromatic heterocycles. The number of nitrogens with zero attached hydrogens (tertiary/aromatic N) is 8. The van der Waals surface area contributed by atoms with Crippen LogP contribution >= 0.6 is 11.3 Å². The zero-order valence-corrected chi connectivity index (χ0v) is 36.5. The molecule has 5 N–H and O–H groups in total. The number of carbonyl (C=O) groups is 4. The standard InChI is InChI=1S/C46H50FN11O6S/c47-34-23-29(22-32-33(34)26-58(44(32)63)41(43(62)53-45-48-13-21-65-45)40-36-2-1-14-57(36)27-50-40)28-3-6-31(7-4-28)54-17-19-56(20-18-54)39(60)24-46(64)11-15-55(16-12-46)37-9-5-30(25-49-37)51-35-8-10-38(59)52-42(35)61/h3-7,9,13,21-23,25,27,35,41,44,51,63-64H,1-2,8,10-12,14-20,24,26H2,(H,48,53,62)(H,52,59,61). The van der Waals surface area contributed by atoms with E-state index in [0.29, 0.717) is 91.7 Å². The van der Waals surface area contributed by atoms with Crippen LogP contribution < -0.4 is 25.8 Å². The molecule has 10 rings (SSSR count). The molecule has 0 spiro atoms. The number of piperidine rings is 2. The lowest BCUT2D eigenvalue weighted by Crippen LogP contribution is -2.52. The summed E-state index contributed by atoms with van der Waals surface area (Å²) in [6, 6.07) is 13.3. The maximum Gasteiger partial charge on any atom is 0.249 e. The van der Waals surface area contributed by atoms with E-state index in [4.69, 9.17) is 0 Å². The van der Waals surface area contributed by atoms with E-state index in [1.54, 1.807) is 35.1 Å². The van der Waals surface area contributed by atoms with Crippen LogP contribution in [-0.4, -0.2) is 114 Å². The molecule has 3 fully saturated rings. The first-order chi connectivity index (χ1) is 31.5. The van der Waals surface area contributed by atoms with Gasteiger partial charge in [0.2, 0.25) is 23.6 Å². The summed E-state index contributed by atoms with van der Waals surface area (Å²) in [5.41, 5.74) is 4.16. The summed E-state index contributed by atoms with van der Waals surface area (Å²) in [6.07, 6.45) is 7.03.